The highest BCUT2D eigenvalue weighted by Gasteiger charge is 2.21. The lowest BCUT2D eigenvalue weighted by Crippen LogP contribution is -2.29. The molecule has 6 atom stereocenters. The highest BCUT2D eigenvalue weighted by Crippen LogP contribution is 2.20. The van der Waals surface area contributed by atoms with Crippen LogP contribution in [0.5, 0.6) is 5.75 Å². The summed E-state index contributed by atoms with van der Waals surface area (Å²) in [5.74, 6) is 6.39. The molecule has 6 heteroatoms. The molecule has 0 fully saturated rings. The standard InChI is InChI=1S/C32H46O6/c1-5-28(38-23-27-15-17-29(36-4)18-16-27)21-32(35)24(2)11-9-10-14-30(33)25(3)31(34)19-20-37-22-26-12-7-6-8-13-26/h6-8,12-13,15-18,24-25,28,30-35H,5,9,11,19-23H2,1-4H3/t24-,25-,28+,30-,31-,32-/m0/s1. The van der Waals surface area contributed by atoms with Crippen molar-refractivity contribution in [2.45, 2.75) is 90.5 Å². The van der Waals surface area contributed by atoms with Gasteiger partial charge in [-0.25, -0.2) is 0 Å². The Balaban J connectivity index is 1.65. The molecule has 0 heterocycles. The van der Waals surface area contributed by atoms with Crippen molar-refractivity contribution >= 4 is 0 Å². The van der Waals surface area contributed by atoms with E-state index in [1.54, 1.807) is 14.0 Å². The molecule has 2 aromatic rings. The van der Waals surface area contributed by atoms with E-state index in [0.717, 1.165) is 29.7 Å². The first-order valence-electron chi connectivity index (χ1n) is 13.7. The molecule has 6 nitrogen and oxygen atoms in total. The van der Waals surface area contributed by atoms with Crippen molar-refractivity contribution in [2.75, 3.05) is 13.7 Å². The lowest BCUT2D eigenvalue weighted by atomic mass is 9.93. The lowest BCUT2D eigenvalue weighted by Gasteiger charge is -2.24. The van der Waals surface area contributed by atoms with Gasteiger partial charge in [0.1, 0.15) is 11.9 Å². The van der Waals surface area contributed by atoms with E-state index in [4.69, 9.17) is 14.2 Å². The maximum absolute atomic E-state index is 10.7. The van der Waals surface area contributed by atoms with Gasteiger partial charge >= 0.3 is 0 Å². The summed E-state index contributed by atoms with van der Waals surface area (Å²) in [6.45, 7) is 7.29. The largest absolute Gasteiger partial charge is 0.497 e. The van der Waals surface area contributed by atoms with E-state index >= 15 is 0 Å². The van der Waals surface area contributed by atoms with Crippen LogP contribution in [-0.4, -0.2) is 53.5 Å². The number of hydrogen-bond donors (Lipinski definition) is 3. The fourth-order valence-electron chi connectivity index (χ4n) is 4.03. The van der Waals surface area contributed by atoms with Crippen LogP contribution in [0.3, 0.4) is 0 Å². The Morgan fingerprint density at radius 2 is 1.53 bits per heavy atom. The van der Waals surface area contributed by atoms with Crippen LogP contribution in [0.4, 0.5) is 0 Å². The smallest absolute Gasteiger partial charge is 0.119 e. The normalized spacial score (nSPS) is 16.0. The summed E-state index contributed by atoms with van der Waals surface area (Å²) < 4.78 is 16.9. The summed E-state index contributed by atoms with van der Waals surface area (Å²) >= 11 is 0. The number of hydrogen-bond acceptors (Lipinski definition) is 6. The zero-order valence-corrected chi connectivity index (χ0v) is 23.4. The Bertz CT molecular complexity index is 936. The van der Waals surface area contributed by atoms with Gasteiger partial charge < -0.3 is 29.5 Å². The van der Waals surface area contributed by atoms with E-state index in [0.29, 0.717) is 39.1 Å². The van der Waals surface area contributed by atoms with Crippen molar-refractivity contribution in [1.82, 2.24) is 0 Å². The van der Waals surface area contributed by atoms with Crippen molar-refractivity contribution < 1.29 is 29.5 Å². The minimum atomic E-state index is -0.907. The quantitative estimate of drug-likeness (QED) is 0.196. The second-order valence-electron chi connectivity index (χ2n) is 10.0. The van der Waals surface area contributed by atoms with Gasteiger partial charge in [0.25, 0.3) is 0 Å². The molecule has 0 unspecified atom stereocenters. The third-order valence-corrected chi connectivity index (χ3v) is 7.01. The van der Waals surface area contributed by atoms with Crippen molar-refractivity contribution in [2.24, 2.45) is 11.8 Å². The summed E-state index contributed by atoms with van der Waals surface area (Å²) in [5.41, 5.74) is 2.16. The Kier molecular flexibility index (Phi) is 15.1. The van der Waals surface area contributed by atoms with Crippen molar-refractivity contribution in [3.63, 3.8) is 0 Å². The predicted molar refractivity (Wildman–Crippen MR) is 151 cm³/mol. The Labute approximate surface area is 229 Å². The molecular weight excluding hydrogens is 480 g/mol. The summed E-state index contributed by atoms with van der Waals surface area (Å²) in [7, 11) is 1.64. The third kappa shape index (κ3) is 12.0. The highest BCUT2D eigenvalue weighted by atomic mass is 16.5. The second kappa shape index (κ2) is 18.0. The summed E-state index contributed by atoms with van der Waals surface area (Å²) in [4.78, 5) is 0. The van der Waals surface area contributed by atoms with E-state index in [2.05, 4.69) is 18.8 Å². The van der Waals surface area contributed by atoms with Crippen LogP contribution in [0.15, 0.2) is 54.6 Å². The Morgan fingerprint density at radius 1 is 0.842 bits per heavy atom. The third-order valence-electron chi connectivity index (χ3n) is 7.01. The van der Waals surface area contributed by atoms with Crippen LogP contribution in [-0.2, 0) is 22.7 Å². The van der Waals surface area contributed by atoms with Crippen LogP contribution >= 0.6 is 0 Å². The average Bonchev–Trinajstić information content (AvgIpc) is 2.95. The zero-order valence-electron chi connectivity index (χ0n) is 23.4. The van der Waals surface area contributed by atoms with Crippen molar-refractivity contribution in [3.8, 4) is 17.6 Å². The van der Waals surface area contributed by atoms with Crippen LogP contribution < -0.4 is 4.74 Å². The molecule has 0 spiro atoms. The number of rotatable bonds is 17. The first-order chi connectivity index (χ1) is 18.3. The van der Waals surface area contributed by atoms with Crippen molar-refractivity contribution in [3.05, 3.63) is 65.7 Å². The summed E-state index contributed by atoms with van der Waals surface area (Å²) in [6.07, 6.45) is 1.01. The lowest BCUT2D eigenvalue weighted by molar-refractivity contribution is -0.0117. The molecule has 0 saturated carbocycles. The Hall–Kier alpha value is -2.40. The minimum Gasteiger partial charge on any atom is -0.497 e. The zero-order chi connectivity index (χ0) is 27.8. The van der Waals surface area contributed by atoms with Gasteiger partial charge in [0.05, 0.1) is 38.6 Å². The molecule has 0 bridgehead atoms. The molecular formula is C32H46O6. The molecule has 0 saturated heterocycles. The van der Waals surface area contributed by atoms with E-state index in [-0.39, 0.29) is 17.9 Å². The van der Waals surface area contributed by atoms with E-state index in [1.807, 2.05) is 61.5 Å². The highest BCUT2D eigenvalue weighted by molar-refractivity contribution is 5.26. The van der Waals surface area contributed by atoms with Crippen molar-refractivity contribution in [1.29, 1.82) is 0 Å². The van der Waals surface area contributed by atoms with Crippen LogP contribution in [0, 0.1) is 23.7 Å². The van der Waals surface area contributed by atoms with E-state index < -0.39 is 18.3 Å². The SMILES string of the molecule is CC[C@H](C[C@H](O)[C@@H](C)CCC#C[C@H](O)[C@H](C)[C@@H](O)CCOCc1ccccc1)OCc1ccc(OC)cc1. The van der Waals surface area contributed by atoms with Gasteiger partial charge in [0.15, 0.2) is 0 Å². The molecule has 0 aromatic heterocycles. The monoisotopic (exact) mass is 526 g/mol. The Morgan fingerprint density at radius 3 is 2.18 bits per heavy atom. The van der Waals surface area contributed by atoms with Crippen LogP contribution in [0.2, 0.25) is 0 Å². The molecule has 210 valence electrons. The van der Waals surface area contributed by atoms with Crippen LogP contribution in [0.1, 0.15) is 64.0 Å². The van der Waals surface area contributed by atoms with E-state index in [1.165, 1.54) is 0 Å². The number of ether oxygens (including phenoxy) is 3. The van der Waals surface area contributed by atoms with Gasteiger partial charge in [-0.3, -0.25) is 0 Å². The van der Waals surface area contributed by atoms with Gasteiger partial charge in [-0.1, -0.05) is 69.2 Å². The maximum atomic E-state index is 10.7. The maximum Gasteiger partial charge on any atom is 0.119 e. The second-order valence-corrected chi connectivity index (χ2v) is 10.0. The molecule has 2 aromatic carbocycles. The number of methoxy groups -OCH3 is 1. The molecule has 0 aliphatic rings. The minimum absolute atomic E-state index is 0.0264. The summed E-state index contributed by atoms with van der Waals surface area (Å²) in [6, 6.07) is 17.7. The first kappa shape index (κ1) is 31.8. The number of aliphatic hydroxyl groups excluding tert-OH is 3. The molecule has 2 rings (SSSR count). The average molecular weight is 527 g/mol. The van der Waals surface area contributed by atoms with Gasteiger partial charge in [-0.15, -0.1) is 5.92 Å². The van der Waals surface area contributed by atoms with Gasteiger partial charge in [-0.05, 0) is 54.9 Å². The fourth-order valence-corrected chi connectivity index (χ4v) is 4.03. The van der Waals surface area contributed by atoms with E-state index in [9.17, 15) is 15.3 Å². The first-order valence-corrected chi connectivity index (χ1v) is 13.7. The van der Waals surface area contributed by atoms with Gasteiger partial charge in [0.2, 0.25) is 0 Å². The van der Waals surface area contributed by atoms with Crippen LogP contribution in [0.25, 0.3) is 0 Å². The number of benzene rings is 2. The molecule has 38 heavy (non-hydrogen) atoms. The molecule has 0 amide bonds. The summed E-state index contributed by atoms with van der Waals surface area (Å²) in [5, 5.41) is 31.5. The molecule has 0 aliphatic carbocycles. The van der Waals surface area contributed by atoms with Gasteiger partial charge in [-0.2, -0.15) is 0 Å². The molecule has 0 aliphatic heterocycles. The number of aliphatic hydroxyl groups is 3. The molecule has 3 N–H and O–H groups in total. The topological polar surface area (TPSA) is 88.4 Å². The fraction of sp³-hybridized carbons (Fsp3) is 0.562. The van der Waals surface area contributed by atoms with Gasteiger partial charge in [0, 0.05) is 18.9 Å². The molecule has 0 radical (unpaired) electrons. The predicted octanol–water partition coefficient (Wildman–Crippen LogP) is 5.13.